The van der Waals surface area contributed by atoms with Gasteiger partial charge in [0.15, 0.2) is 11.9 Å². The molecule has 0 aliphatic heterocycles. The van der Waals surface area contributed by atoms with Gasteiger partial charge in [-0.05, 0) is 0 Å². The molecule has 0 amide bonds. The maximum atomic E-state index is 11.9. The minimum Gasteiger partial charge on any atom is -0.379 e. The number of aliphatic hydroxyl groups excluding tert-OH is 1. The highest BCUT2D eigenvalue weighted by molar-refractivity contribution is 5.99. The third kappa shape index (κ3) is 2.32. The molecule has 70 valence electrons. The van der Waals surface area contributed by atoms with Gasteiger partial charge < -0.3 is 5.11 Å². The second-order valence-corrected chi connectivity index (χ2v) is 2.51. The summed E-state index contributed by atoms with van der Waals surface area (Å²) in [4.78, 5) is 11.1. The molecule has 0 radical (unpaired) electrons. The number of carbonyl (C=O) groups excluding carboxylic acids is 1. The quantitative estimate of drug-likeness (QED) is 0.726. The standard InChI is InChI=1S/C9H8F2O2/c10-9(11)8(13)7(12)6-4-2-1-3-5-6/h1-5,8-9,13H. The van der Waals surface area contributed by atoms with Crippen LogP contribution in [0, 0.1) is 0 Å². The van der Waals surface area contributed by atoms with Crippen LogP contribution < -0.4 is 0 Å². The average Bonchev–Trinajstić information content (AvgIpc) is 2.17. The molecule has 0 spiro atoms. The smallest absolute Gasteiger partial charge is 0.271 e. The Labute approximate surface area is 73.8 Å². The van der Waals surface area contributed by atoms with Crippen molar-refractivity contribution in [1.29, 1.82) is 0 Å². The molecule has 1 rings (SSSR count). The first-order chi connectivity index (χ1) is 6.13. The summed E-state index contributed by atoms with van der Waals surface area (Å²) in [6, 6.07) is 7.52. The molecule has 13 heavy (non-hydrogen) atoms. The number of hydrogen-bond donors (Lipinski definition) is 1. The van der Waals surface area contributed by atoms with Crippen molar-refractivity contribution in [2.24, 2.45) is 0 Å². The lowest BCUT2D eigenvalue weighted by molar-refractivity contribution is 0.00409. The number of hydrogen-bond acceptors (Lipinski definition) is 2. The van der Waals surface area contributed by atoms with Gasteiger partial charge in [0.25, 0.3) is 6.43 Å². The van der Waals surface area contributed by atoms with Crippen LogP contribution in [0.5, 0.6) is 0 Å². The molecule has 1 atom stereocenters. The van der Waals surface area contributed by atoms with Gasteiger partial charge in [0, 0.05) is 5.56 Å². The molecule has 0 aliphatic rings. The minimum absolute atomic E-state index is 0.0929. The Morgan fingerprint density at radius 3 is 2.23 bits per heavy atom. The molecule has 0 fully saturated rings. The van der Waals surface area contributed by atoms with Crippen molar-refractivity contribution in [2.75, 3.05) is 0 Å². The van der Waals surface area contributed by atoms with Gasteiger partial charge in [0.2, 0.25) is 0 Å². The Kier molecular flexibility index (Phi) is 3.08. The third-order valence-corrected chi connectivity index (χ3v) is 1.57. The van der Waals surface area contributed by atoms with E-state index in [0.29, 0.717) is 0 Å². The molecule has 0 aliphatic carbocycles. The zero-order chi connectivity index (χ0) is 9.84. The Balaban J connectivity index is 2.80. The van der Waals surface area contributed by atoms with Crippen LogP contribution >= 0.6 is 0 Å². The van der Waals surface area contributed by atoms with Crippen LogP contribution in [0.3, 0.4) is 0 Å². The van der Waals surface area contributed by atoms with Crippen molar-refractivity contribution in [2.45, 2.75) is 12.5 Å². The highest BCUT2D eigenvalue weighted by Crippen LogP contribution is 2.09. The summed E-state index contributed by atoms with van der Waals surface area (Å²) >= 11 is 0. The van der Waals surface area contributed by atoms with Crippen molar-refractivity contribution in [3.63, 3.8) is 0 Å². The second-order valence-electron chi connectivity index (χ2n) is 2.51. The SMILES string of the molecule is O=C(c1ccccc1)C(O)C(F)F. The summed E-state index contributed by atoms with van der Waals surface area (Å²) in [6.07, 6.45) is -5.25. The summed E-state index contributed by atoms with van der Waals surface area (Å²) in [7, 11) is 0. The zero-order valence-electron chi connectivity index (χ0n) is 6.65. The van der Waals surface area contributed by atoms with E-state index in [0.717, 1.165) is 0 Å². The van der Waals surface area contributed by atoms with Gasteiger partial charge in [-0.1, -0.05) is 30.3 Å². The van der Waals surface area contributed by atoms with Gasteiger partial charge in [-0.15, -0.1) is 0 Å². The molecule has 4 heteroatoms. The fourth-order valence-corrected chi connectivity index (χ4v) is 0.888. The summed E-state index contributed by atoms with van der Waals surface area (Å²) in [6.45, 7) is 0. The summed E-state index contributed by atoms with van der Waals surface area (Å²) in [5.74, 6) is -0.949. The lowest BCUT2D eigenvalue weighted by atomic mass is 10.1. The lowest BCUT2D eigenvalue weighted by Gasteiger charge is -2.07. The molecule has 0 heterocycles. The van der Waals surface area contributed by atoms with Gasteiger partial charge in [-0.3, -0.25) is 4.79 Å². The van der Waals surface area contributed by atoms with E-state index in [1.807, 2.05) is 0 Å². The van der Waals surface area contributed by atoms with Gasteiger partial charge >= 0.3 is 0 Å². The van der Waals surface area contributed by atoms with Crippen LogP contribution in [0.4, 0.5) is 8.78 Å². The summed E-state index contributed by atoms with van der Waals surface area (Å²) < 4.78 is 23.8. The maximum absolute atomic E-state index is 11.9. The Hall–Kier alpha value is -1.29. The second kappa shape index (κ2) is 4.09. The molecule has 0 bridgehead atoms. The zero-order valence-corrected chi connectivity index (χ0v) is 6.65. The molecule has 1 N–H and O–H groups in total. The largest absolute Gasteiger partial charge is 0.379 e. The van der Waals surface area contributed by atoms with Crippen molar-refractivity contribution in [1.82, 2.24) is 0 Å². The van der Waals surface area contributed by atoms with Crippen molar-refractivity contribution < 1.29 is 18.7 Å². The van der Waals surface area contributed by atoms with E-state index in [1.165, 1.54) is 12.1 Å². The first-order valence-corrected chi connectivity index (χ1v) is 3.68. The van der Waals surface area contributed by atoms with Crippen LogP contribution in [0.25, 0.3) is 0 Å². The van der Waals surface area contributed by atoms with Crippen LogP contribution in [-0.4, -0.2) is 23.4 Å². The van der Waals surface area contributed by atoms with Gasteiger partial charge in [0.05, 0.1) is 0 Å². The molecular formula is C9H8F2O2. The average molecular weight is 186 g/mol. The van der Waals surface area contributed by atoms with Gasteiger partial charge in [-0.25, -0.2) is 8.78 Å². The predicted molar refractivity (Wildman–Crippen MR) is 42.8 cm³/mol. The van der Waals surface area contributed by atoms with Crippen LogP contribution in [-0.2, 0) is 0 Å². The number of alkyl halides is 2. The maximum Gasteiger partial charge on any atom is 0.271 e. The van der Waals surface area contributed by atoms with Gasteiger partial charge in [0.1, 0.15) is 0 Å². The lowest BCUT2D eigenvalue weighted by Crippen LogP contribution is -2.28. The monoisotopic (exact) mass is 186 g/mol. The van der Waals surface area contributed by atoms with Crippen molar-refractivity contribution in [3.05, 3.63) is 35.9 Å². The fourth-order valence-electron chi connectivity index (χ4n) is 0.888. The Morgan fingerprint density at radius 2 is 1.77 bits per heavy atom. The van der Waals surface area contributed by atoms with E-state index < -0.39 is 18.3 Å². The molecule has 0 saturated carbocycles. The van der Waals surface area contributed by atoms with Crippen molar-refractivity contribution in [3.8, 4) is 0 Å². The topological polar surface area (TPSA) is 37.3 Å². The van der Waals surface area contributed by atoms with Crippen LogP contribution in [0.2, 0.25) is 0 Å². The number of Topliss-reactive ketones (excluding diaryl/α,β-unsaturated/α-hetero) is 1. The van der Waals surface area contributed by atoms with Crippen LogP contribution in [0.1, 0.15) is 10.4 Å². The number of benzene rings is 1. The normalized spacial score (nSPS) is 12.9. The first kappa shape index (κ1) is 9.80. The number of rotatable bonds is 3. The minimum atomic E-state index is -3.03. The van der Waals surface area contributed by atoms with E-state index in [4.69, 9.17) is 5.11 Å². The molecule has 1 aromatic carbocycles. The first-order valence-electron chi connectivity index (χ1n) is 3.68. The van der Waals surface area contributed by atoms with E-state index in [9.17, 15) is 13.6 Å². The summed E-state index contributed by atoms with van der Waals surface area (Å²) in [5, 5.41) is 8.75. The molecule has 1 unspecified atom stereocenters. The number of carbonyl (C=O) groups is 1. The van der Waals surface area contributed by atoms with E-state index in [2.05, 4.69) is 0 Å². The number of aliphatic hydroxyl groups is 1. The molecule has 2 nitrogen and oxygen atoms in total. The number of halogens is 2. The molecular weight excluding hydrogens is 178 g/mol. The Morgan fingerprint density at radius 1 is 1.23 bits per heavy atom. The van der Waals surface area contributed by atoms with E-state index >= 15 is 0 Å². The fraction of sp³-hybridized carbons (Fsp3) is 0.222. The molecule has 0 aromatic heterocycles. The highest BCUT2D eigenvalue weighted by Gasteiger charge is 2.25. The predicted octanol–water partition coefficient (Wildman–Crippen LogP) is 1.50. The van der Waals surface area contributed by atoms with Crippen molar-refractivity contribution >= 4 is 5.78 Å². The van der Waals surface area contributed by atoms with Crippen LogP contribution in [0.15, 0.2) is 30.3 Å². The summed E-state index contributed by atoms with van der Waals surface area (Å²) in [5.41, 5.74) is 0.0929. The third-order valence-electron chi connectivity index (χ3n) is 1.57. The Bertz CT molecular complexity index is 285. The molecule has 1 aromatic rings. The highest BCUT2D eigenvalue weighted by atomic mass is 19.3. The number of ketones is 1. The molecule has 0 saturated heterocycles. The van der Waals surface area contributed by atoms with E-state index in [1.54, 1.807) is 18.2 Å². The van der Waals surface area contributed by atoms with Gasteiger partial charge in [-0.2, -0.15) is 0 Å². The van der Waals surface area contributed by atoms with E-state index in [-0.39, 0.29) is 5.56 Å².